The quantitative estimate of drug-likeness (QED) is 0.866. The van der Waals surface area contributed by atoms with Crippen molar-refractivity contribution in [2.24, 2.45) is 0 Å². The Kier molecular flexibility index (Phi) is 3.16. The summed E-state index contributed by atoms with van der Waals surface area (Å²) in [4.78, 5) is 17.5. The molecule has 4 rings (SSSR count). The molecule has 0 bridgehead atoms. The number of carbonyl (C=O) groups excluding carboxylic acids is 1. The molecule has 2 aromatic rings. The first-order chi connectivity index (χ1) is 10.3. The van der Waals surface area contributed by atoms with Crippen molar-refractivity contribution >= 4 is 16.8 Å². The number of nitrogens with one attached hydrogen (secondary N) is 1. The largest absolute Gasteiger partial charge is 0.377 e. The summed E-state index contributed by atoms with van der Waals surface area (Å²) in [6, 6.07) is 8.33. The Labute approximate surface area is 122 Å². The number of benzene rings is 1. The van der Waals surface area contributed by atoms with Crippen molar-refractivity contribution in [2.75, 3.05) is 26.4 Å². The summed E-state index contributed by atoms with van der Waals surface area (Å²) < 4.78 is 10.7. The zero-order chi connectivity index (χ0) is 14.2. The molecule has 1 amide bonds. The lowest BCUT2D eigenvalue weighted by Gasteiger charge is -2.35. The lowest BCUT2D eigenvalue weighted by atomic mass is 10.0. The van der Waals surface area contributed by atoms with Gasteiger partial charge < -0.3 is 19.4 Å². The molecule has 1 aromatic carbocycles. The van der Waals surface area contributed by atoms with E-state index in [0.29, 0.717) is 26.4 Å². The summed E-state index contributed by atoms with van der Waals surface area (Å²) in [6.45, 7) is 2.43. The summed E-state index contributed by atoms with van der Waals surface area (Å²) in [6.07, 6.45) is 2.63. The number of hydrogen-bond acceptors (Lipinski definition) is 3. The second-order valence-electron chi connectivity index (χ2n) is 5.65. The monoisotopic (exact) mass is 286 g/mol. The number of amides is 1. The van der Waals surface area contributed by atoms with Crippen molar-refractivity contribution in [1.29, 1.82) is 0 Å². The van der Waals surface area contributed by atoms with E-state index in [1.54, 1.807) is 0 Å². The minimum atomic E-state index is -0.214. The van der Waals surface area contributed by atoms with Crippen molar-refractivity contribution in [2.45, 2.75) is 18.6 Å². The first-order valence-corrected chi connectivity index (χ1v) is 7.38. The van der Waals surface area contributed by atoms with Crippen molar-refractivity contribution in [1.82, 2.24) is 9.88 Å². The van der Waals surface area contributed by atoms with Crippen LogP contribution in [0.25, 0.3) is 10.9 Å². The summed E-state index contributed by atoms with van der Waals surface area (Å²) in [5.74, 6) is 0.114. The van der Waals surface area contributed by atoms with E-state index in [2.05, 4.69) is 17.1 Å². The fourth-order valence-electron chi connectivity index (χ4n) is 3.04. The Morgan fingerprint density at radius 3 is 3.05 bits per heavy atom. The minimum absolute atomic E-state index is 0.0923. The third-order valence-electron chi connectivity index (χ3n) is 4.25. The molecule has 21 heavy (non-hydrogen) atoms. The second kappa shape index (κ2) is 5.16. The number of para-hydroxylation sites is 1. The van der Waals surface area contributed by atoms with Gasteiger partial charge in [0.15, 0.2) is 6.10 Å². The summed E-state index contributed by atoms with van der Waals surface area (Å²) in [7, 11) is 0. The van der Waals surface area contributed by atoms with Crippen LogP contribution in [0.15, 0.2) is 30.5 Å². The van der Waals surface area contributed by atoms with Crippen LogP contribution in [-0.2, 0) is 20.7 Å². The standard InChI is InChI=1S/C16H18N2O3/c19-16(15-10-21-15)18-5-6-20-9-12(18)7-11-8-17-14-4-2-1-3-13(11)14/h1-4,8,12,15,17H,5-7,9-10H2. The third-order valence-corrected chi connectivity index (χ3v) is 4.25. The molecule has 0 spiro atoms. The summed E-state index contributed by atoms with van der Waals surface area (Å²) in [5, 5.41) is 1.22. The molecule has 1 aromatic heterocycles. The Hall–Kier alpha value is -1.85. The molecule has 110 valence electrons. The maximum atomic E-state index is 12.3. The molecular weight excluding hydrogens is 268 g/mol. The molecule has 1 N–H and O–H groups in total. The smallest absolute Gasteiger partial charge is 0.254 e. The molecule has 0 radical (unpaired) electrons. The number of aromatic amines is 1. The number of nitrogens with zero attached hydrogens (tertiary/aromatic N) is 1. The third kappa shape index (κ3) is 2.43. The van der Waals surface area contributed by atoms with Crippen LogP contribution in [0.5, 0.6) is 0 Å². The van der Waals surface area contributed by atoms with Gasteiger partial charge in [0.1, 0.15) is 0 Å². The lowest BCUT2D eigenvalue weighted by Crippen LogP contribution is -2.51. The molecule has 5 nitrogen and oxygen atoms in total. The van der Waals surface area contributed by atoms with E-state index in [9.17, 15) is 4.79 Å². The van der Waals surface area contributed by atoms with Gasteiger partial charge in [-0.1, -0.05) is 18.2 Å². The van der Waals surface area contributed by atoms with E-state index in [4.69, 9.17) is 9.47 Å². The SMILES string of the molecule is O=C(C1CO1)N1CCOCC1Cc1c[nH]c2ccccc12. The fraction of sp³-hybridized carbons (Fsp3) is 0.438. The highest BCUT2D eigenvalue weighted by Crippen LogP contribution is 2.23. The Morgan fingerprint density at radius 1 is 1.33 bits per heavy atom. The average molecular weight is 286 g/mol. The van der Waals surface area contributed by atoms with E-state index in [-0.39, 0.29) is 18.1 Å². The predicted octanol–water partition coefficient (Wildman–Crippen LogP) is 1.34. The van der Waals surface area contributed by atoms with E-state index in [1.165, 1.54) is 10.9 Å². The number of epoxide rings is 1. The maximum Gasteiger partial charge on any atom is 0.254 e. The van der Waals surface area contributed by atoms with Crippen LogP contribution >= 0.6 is 0 Å². The van der Waals surface area contributed by atoms with Crippen molar-refractivity contribution in [3.63, 3.8) is 0 Å². The second-order valence-corrected chi connectivity index (χ2v) is 5.65. The van der Waals surface area contributed by atoms with Gasteiger partial charge >= 0.3 is 0 Å². The molecule has 2 aliphatic heterocycles. The highest BCUT2D eigenvalue weighted by molar-refractivity contribution is 5.84. The number of aromatic nitrogens is 1. The highest BCUT2D eigenvalue weighted by atomic mass is 16.6. The maximum absolute atomic E-state index is 12.3. The molecule has 0 aliphatic carbocycles. The molecule has 2 unspecified atom stereocenters. The first-order valence-electron chi connectivity index (χ1n) is 7.38. The lowest BCUT2D eigenvalue weighted by molar-refractivity contribution is -0.141. The van der Waals surface area contributed by atoms with E-state index >= 15 is 0 Å². The van der Waals surface area contributed by atoms with Crippen LogP contribution in [-0.4, -0.2) is 54.3 Å². The van der Waals surface area contributed by atoms with Gasteiger partial charge in [-0.3, -0.25) is 4.79 Å². The van der Waals surface area contributed by atoms with Gasteiger partial charge in [0.25, 0.3) is 5.91 Å². The van der Waals surface area contributed by atoms with Crippen LogP contribution in [0.1, 0.15) is 5.56 Å². The van der Waals surface area contributed by atoms with Gasteiger partial charge in [0, 0.05) is 23.6 Å². The van der Waals surface area contributed by atoms with Gasteiger partial charge in [-0.15, -0.1) is 0 Å². The highest BCUT2D eigenvalue weighted by Gasteiger charge is 2.39. The van der Waals surface area contributed by atoms with Crippen molar-refractivity contribution in [3.8, 4) is 0 Å². The van der Waals surface area contributed by atoms with Crippen molar-refractivity contribution in [3.05, 3.63) is 36.0 Å². The Morgan fingerprint density at radius 2 is 2.19 bits per heavy atom. The van der Waals surface area contributed by atoms with Gasteiger partial charge in [0.05, 0.1) is 25.9 Å². The molecule has 3 heterocycles. The number of H-pyrrole nitrogens is 1. The number of rotatable bonds is 3. The molecule has 2 atom stereocenters. The van der Waals surface area contributed by atoms with Gasteiger partial charge in [-0.25, -0.2) is 0 Å². The zero-order valence-corrected chi connectivity index (χ0v) is 11.7. The molecule has 2 saturated heterocycles. The topological polar surface area (TPSA) is 57.9 Å². The molecule has 0 saturated carbocycles. The molecule has 2 fully saturated rings. The average Bonchev–Trinajstić information content (AvgIpc) is 3.30. The number of ether oxygens (including phenoxy) is 2. The normalized spacial score (nSPS) is 25.2. The number of morpholine rings is 1. The predicted molar refractivity (Wildman–Crippen MR) is 78.1 cm³/mol. The Bertz CT molecular complexity index is 662. The molecular formula is C16H18N2O3. The number of fused-ring (bicyclic) bond motifs is 1. The summed E-state index contributed by atoms with van der Waals surface area (Å²) in [5.41, 5.74) is 2.36. The van der Waals surface area contributed by atoms with Crippen LogP contribution in [0.4, 0.5) is 0 Å². The van der Waals surface area contributed by atoms with Crippen LogP contribution < -0.4 is 0 Å². The van der Waals surface area contributed by atoms with Gasteiger partial charge in [-0.2, -0.15) is 0 Å². The van der Waals surface area contributed by atoms with E-state index in [0.717, 1.165) is 11.9 Å². The minimum Gasteiger partial charge on any atom is -0.377 e. The van der Waals surface area contributed by atoms with Crippen LogP contribution in [0, 0.1) is 0 Å². The van der Waals surface area contributed by atoms with Crippen molar-refractivity contribution < 1.29 is 14.3 Å². The fourth-order valence-corrected chi connectivity index (χ4v) is 3.04. The Balaban J connectivity index is 1.57. The number of carbonyl (C=O) groups is 1. The number of hydrogen-bond donors (Lipinski definition) is 1. The first kappa shape index (κ1) is 12.9. The van der Waals surface area contributed by atoms with E-state index in [1.807, 2.05) is 23.2 Å². The molecule has 2 aliphatic rings. The van der Waals surface area contributed by atoms with Crippen LogP contribution in [0.2, 0.25) is 0 Å². The van der Waals surface area contributed by atoms with E-state index < -0.39 is 0 Å². The van der Waals surface area contributed by atoms with Gasteiger partial charge in [-0.05, 0) is 18.1 Å². The van der Waals surface area contributed by atoms with Gasteiger partial charge in [0.2, 0.25) is 0 Å². The zero-order valence-electron chi connectivity index (χ0n) is 11.7. The molecule has 5 heteroatoms. The summed E-state index contributed by atoms with van der Waals surface area (Å²) >= 11 is 0. The van der Waals surface area contributed by atoms with Crippen LogP contribution in [0.3, 0.4) is 0 Å².